The van der Waals surface area contributed by atoms with E-state index in [-0.39, 0.29) is 24.0 Å². The fraction of sp³-hybridized carbons (Fsp3) is 0.190. The molecule has 2 N–H and O–H groups in total. The molecule has 0 amide bonds. The Kier molecular flexibility index (Phi) is 6.15. The van der Waals surface area contributed by atoms with Crippen molar-refractivity contribution in [3.05, 3.63) is 60.9 Å². The van der Waals surface area contributed by atoms with Crippen molar-refractivity contribution >= 4 is 40.9 Å². The first-order valence-electron chi connectivity index (χ1n) is 9.69. The Morgan fingerprint density at radius 1 is 0.903 bits per heavy atom. The van der Waals surface area contributed by atoms with E-state index in [0.717, 1.165) is 43.6 Å². The van der Waals surface area contributed by atoms with Crippen LogP contribution < -0.4 is 15.5 Å². The van der Waals surface area contributed by atoms with E-state index in [1.807, 2.05) is 18.3 Å². The van der Waals surface area contributed by atoms with Gasteiger partial charge in [0.2, 0.25) is 5.95 Å². The molecule has 10 heteroatoms. The number of nitrogens with zero attached hydrogens (tertiary/aromatic N) is 6. The van der Waals surface area contributed by atoms with Crippen molar-refractivity contribution in [3.63, 3.8) is 0 Å². The van der Waals surface area contributed by atoms with Crippen LogP contribution in [0.5, 0.6) is 0 Å². The van der Waals surface area contributed by atoms with Gasteiger partial charge >= 0.3 is 0 Å². The summed E-state index contributed by atoms with van der Waals surface area (Å²) in [4.78, 5) is 23.6. The maximum Gasteiger partial charge on any atom is 0.229 e. The van der Waals surface area contributed by atoms with Gasteiger partial charge in [0.05, 0.1) is 29.1 Å². The smallest absolute Gasteiger partial charge is 0.229 e. The highest BCUT2D eigenvalue weighted by Gasteiger charge is 2.13. The van der Waals surface area contributed by atoms with Gasteiger partial charge < -0.3 is 15.5 Å². The van der Waals surface area contributed by atoms with Gasteiger partial charge in [-0.05, 0) is 24.3 Å². The zero-order chi connectivity index (χ0) is 20.3. The fourth-order valence-corrected chi connectivity index (χ4v) is 3.43. The fourth-order valence-electron chi connectivity index (χ4n) is 3.43. The van der Waals surface area contributed by atoms with Crippen LogP contribution in [0.15, 0.2) is 55.1 Å². The van der Waals surface area contributed by atoms with Crippen molar-refractivity contribution < 1.29 is 4.39 Å². The summed E-state index contributed by atoms with van der Waals surface area (Å²) < 4.78 is 14.4. The molecule has 0 spiro atoms. The molecule has 0 saturated carbocycles. The van der Waals surface area contributed by atoms with Crippen molar-refractivity contribution in [2.45, 2.75) is 0 Å². The number of nitrogens with one attached hydrogen (secondary N) is 2. The van der Waals surface area contributed by atoms with E-state index in [2.05, 4.69) is 40.5 Å². The molecular formula is C21H20ClFN8. The molecule has 0 aliphatic carbocycles. The lowest BCUT2D eigenvalue weighted by atomic mass is 10.1. The van der Waals surface area contributed by atoms with E-state index in [9.17, 15) is 4.39 Å². The first-order chi connectivity index (χ1) is 14.8. The SMILES string of the molecule is Cl.Fc1cnc(Nc2ccc(N3CCNCC3)cn2)nc1-c1ccc2nccnc2c1. The first-order valence-corrected chi connectivity index (χ1v) is 9.69. The van der Waals surface area contributed by atoms with E-state index in [1.165, 1.54) is 0 Å². The normalized spacial score (nSPS) is 13.6. The summed E-state index contributed by atoms with van der Waals surface area (Å²) in [6.07, 6.45) is 6.20. The molecule has 0 atom stereocenters. The molecule has 0 unspecified atom stereocenters. The van der Waals surface area contributed by atoms with Crippen LogP contribution in [0.25, 0.3) is 22.3 Å². The lowest BCUT2D eigenvalue weighted by molar-refractivity contribution is 0.589. The van der Waals surface area contributed by atoms with Crippen molar-refractivity contribution in [2.24, 2.45) is 0 Å². The van der Waals surface area contributed by atoms with Gasteiger partial charge in [0.25, 0.3) is 0 Å². The second-order valence-corrected chi connectivity index (χ2v) is 6.91. The second-order valence-electron chi connectivity index (χ2n) is 6.91. The molecule has 1 aliphatic rings. The van der Waals surface area contributed by atoms with E-state index in [4.69, 9.17) is 0 Å². The molecule has 1 aliphatic heterocycles. The van der Waals surface area contributed by atoms with E-state index in [0.29, 0.717) is 16.9 Å². The van der Waals surface area contributed by atoms with Gasteiger partial charge in [0, 0.05) is 44.1 Å². The van der Waals surface area contributed by atoms with Gasteiger partial charge in [-0.25, -0.2) is 19.3 Å². The molecule has 0 radical (unpaired) electrons. The molecule has 1 saturated heterocycles. The Labute approximate surface area is 184 Å². The molecule has 5 rings (SSSR count). The summed E-state index contributed by atoms with van der Waals surface area (Å²) in [6.45, 7) is 3.84. The molecule has 4 heterocycles. The third-order valence-electron chi connectivity index (χ3n) is 4.96. The third kappa shape index (κ3) is 4.52. The predicted octanol–water partition coefficient (Wildman–Crippen LogP) is 3.20. The van der Waals surface area contributed by atoms with Crippen LogP contribution >= 0.6 is 12.4 Å². The number of piperazine rings is 1. The molecule has 4 aromatic rings. The van der Waals surface area contributed by atoms with E-state index >= 15 is 0 Å². The number of aromatic nitrogens is 5. The van der Waals surface area contributed by atoms with Gasteiger partial charge in [0.1, 0.15) is 11.5 Å². The van der Waals surface area contributed by atoms with Crippen LogP contribution in [0.1, 0.15) is 0 Å². The number of halogens is 2. The molecule has 8 nitrogen and oxygen atoms in total. The lowest BCUT2D eigenvalue weighted by Gasteiger charge is -2.29. The van der Waals surface area contributed by atoms with Crippen LogP contribution in [-0.4, -0.2) is 51.1 Å². The molecule has 31 heavy (non-hydrogen) atoms. The quantitative estimate of drug-likeness (QED) is 0.502. The highest BCUT2D eigenvalue weighted by Crippen LogP contribution is 2.25. The molecule has 158 valence electrons. The van der Waals surface area contributed by atoms with Crippen LogP contribution in [0.4, 0.5) is 21.8 Å². The van der Waals surface area contributed by atoms with Gasteiger partial charge in [-0.15, -0.1) is 12.4 Å². The first kappa shape index (κ1) is 20.8. The minimum Gasteiger partial charge on any atom is -0.368 e. The number of anilines is 3. The average molecular weight is 439 g/mol. The summed E-state index contributed by atoms with van der Waals surface area (Å²) in [5.41, 5.74) is 3.28. The number of hydrogen-bond donors (Lipinski definition) is 2. The Hall–Kier alpha value is -3.43. The van der Waals surface area contributed by atoms with E-state index in [1.54, 1.807) is 30.6 Å². The van der Waals surface area contributed by atoms with Crippen molar-refractivity contribution in [1.82, 2.24) is 30.2 Å². The largest absolute Gasteiger partial charge is 0.368 e. The Bertz CT molecular complexity index is 1180. The number of rotatable bonds is 4. The summed E-state index contributed by atoms with van der Waals surface area (Å²) in [6, 6.07) is 9.20. The van der Waals surface area contributed by atoms with E-state index < -0.39 is 5.82 Å². The Balaban J connectivity index is 0.00000231. The third-order valence-corrected chi connectivity index (χ3v) is 4.96. The van der Waals surface area contributed by atoms with Crippen molar-refractivity contribution in [1.29, 1.82) is 0 Å². The van der Waals surface area contributed by atoms with Crippen LogP contribution in [0.3, 0.4) is 0 Å². The van der Waals surface area contributed by atoms with Crippen LogP contribution in [0, 0.1) is 5.82 Å². The average Bonchev–Trinajstić information content (AvgIpc) is 2.81. The highest BCUT2D eigenvalue weighted by atomic mass is 35.5. The number of hydrogen-bond acceptors (Lipinski definition) is 8. The summed E-state index contributed by atoms with van der Waals surface area (Å²) in [5.74, 6) is 0.356. The van der Waals surface area contributed by atoms with Crippen molar-refractivity contribution in [2.75, 3.05) is 36.4 Å². The van der Waals surface area contributed by atoms with Crippen molar-refractivity contribution in [3.8, 4) is 11.3 Å². The molecule has 3 aromatic heterocycles. The minimum absolute atomic E-state index is 0. The lowest BCUT2D eigenvalue weighted by Crippen LogP contribution is -2.43. The number of benzene rings is 1. The van der Waals surface area contributed by atoms with Gasteiger partial charge in [-0.1, -0.05) is 6.07 Å². The molecular weight excluding hydrogens is 419 g/mol. The summed E-state index contributed by atoms with van der Waals surface area (Å²) in [7, 11) is 0. The summed E-state index contributed by atoms with van der Waals surface area (Å²) in [5, 5.41) is 6.38. The van der Waals surface area contributed by atoms with Gasteiger partial charge in [-0.2, -0.15) is 0 Å². The Morgan fingerprint density at radius 3 is 2.48 bits per heavy atom. The summed E-state index contributed by atoms with van der Waals surface area (Å²) >= 11 is 0. The molecule has 1 fully saturated rings. The maximum atomic E-state index is 14.4. The van der Waals surface area contributed by atoms with Gasteiger partial charge in [-0.3, -0.25) is 9.97 Å². The van der Waals surface area contributed by atoms with Crippen LogP contribution in [-0.2, 0) is 0 Å². The number of fused-ring (bicyclic) bond motifs is 1. The molecule has 0 bridgehead atoms. The molecule has 1 aromatic carbocycles. The number of pyridine rings is 1. The monoisotopic (exact) mass is 438 g/mol. The van der Waals surface area contributed by atoms with Crippen LogP contribution in [0.2, 0.25) is 0 Å². The topological polar surface area (TPSA) is 91.8 Å². The second kappa shape index (κ2) is 9.15. The maximum absolute atomic E-state index is 14.4. The zero-order valence-electron chi connectivity index (χ0n) is 16.5. The van der Waals surface area contributed by atoms with Gasteiger partial charge in [0.15, 0.2) is 5.82 Å². The predicted molar refractivity (Wildman–Crippen MR) is 120 cm³/mol. The highest BCUT2D eigenvalue weighted by molar-refractivity contribution is 5.85. The standard InChI is InChI=1S/C21H19FN8.ClH/c22-16-13-27-21(28-19-4-2-15(12-26-19)30-9-7-23-8-10-30)29-20(16)14-1-3-17-18(11-14)25-6-5-24-17;/h1-6,11-13,23H,7-10H2,(H,26,27,28,29);1H. The Morgan fingerprint density at radius 2 is 1.71 bits per heavy atom. The minimum atomic E-state index is -0.509. The zero-order valence-corrected chi connectivity index (χ0v) is 17.3.